The molecule has 0 aromatic heterocycles. The van der Waals surface area contributed by atoms with Gasteiger partial charge in [0, 0.05) is 0 Å². The summed E-state index contributed by atoms with van der Waals surface area (Å²) in [6.45, 7) is 0. The predicted octanol–water partition coefficient (Wildman–Crippen LogP) is -3.56. The fourth-order valence-corrected chi connectivity index (χ4v) is 4.35. The van der Waals surface area contributed by atoms with Crippen LogP contribution in [-0.4, -0.2) is 60.2 Å². The molecule has 0 saturated carbocycles. The molecule has 1 aliphatic rings. The molecule has 0 unspecified atom stereocenters. The second-order valence-corrected chi connectivity index (χ2v) is 6.60. The van der Waals surface area contributed by atoms with Crippen LogP contribution in [-0.2, 0) is 9.84 Å². The zero-order chi connectivity index (χ0) is 10.2. The minimum atomic E-state index is -2.78. The molecule has 1 rings (SSSR count). The Morgan fingerprint density at radius 1 is 0.923 bits per heavy atom. The number of sulfone groups is 1. The van der Waals surface area contributed by atoms with Crippen LogP contribution in [0, 0.1) is 0 Å². The average molecular weight is 208 g/mol. The van der Waals surface area contributed by atoms with Gasteiger partial charge in [-0.3, -0.25) is 0 Å². The Bertz CT molecular complexity index is 250. The van der Waals surface area contributed by atoms with Crippen LogP contribution in [0.3, 0.4) is 0 Å². The van der Waals surface area contributed by atoms with E-state index in [1.54, 1.807) is 0 Å². The molecule has 13 heavy (non-hydrogen) atoms. The topological polar surface area (TPSA) is 43.0 Å². The normalized spacial score (nSPS) is 33.1. The van der Waals surface area contributed by atoms with E-state index in [-0.39, 0.29) is 12.1 Å². The van der Waals surface area contributed by atoms with Gasteiger partial charge in [-0.05, 0) is 0 Å². The molecule has 0 radical (unpaired) electrons. The van der Waals surface area contributed by atoms with Crippen molar-refractivity contribution in [1.29, 1.82) is 0 Å². The van der Waals surface area contributed by atoms with Crippen molar-refractivity contribution in [3.05, 3.63) is 0 Å². The summed E-state index contributed by atoms with van der Waals surface area (Å²) in [5, 5.41) is 0. The van der Waals surface area contributed by atoms with Gasteiger partial charge in [0.2, 0.25) is 0 Å². The van der Waals surface area contributed by atoms with E-state index < -0.39 is 9.84 Å². The molecule has 1 aliphatic heterocycles. The number of rotatable bonds is 2. The van der Waals surface area contributed by atoms with Crippen LogP contribution in [0.5, 0.6) is 0 Å². The lowest BCUT2D eigenvalue weighted by molar-refractivity contribution is -0.953. The van der Waals surface area contributed by atoms with E-state index >= 15 is 0 Å². The summed E-state index contributed by atoms with van der Waals surface area (Å²) >= 11 is 0. The summed E-state index contributed by atoms with van der Waals surface area (Å²) in [6.07, 6.45) is 0. The van der Waals surface area contributed by atoms with Crippen LogP contribution in [0.4, 0.5) is 0 Å². The zero-order valence-corrected chi connectivity index (χ0v) is 9.61. The van der Waals surface area contributed by atoms with E-state index in [1.165, 1.54) is 9.80 Å². The van der Waals surface area contributed by atoms with Crippen molar-refractivity contribution in [2.24, 2.45) is 0 Å². The van der Waals surface area contributed by atoms with Crippen molar-refractivity contribution < 1.29 is 18.2 Å². The van der Waals surface area contributed by atoms with Gasteiger partial charge < -0.3 is 9.80 Å². The monoisotopic (exact) mass is 208 g/mol. The van der Waals surface area contributed by atoms with Crippen molar-refractivity contribution in [2.45, 2.75) is 12.1 Å². The second-order valence-electron chi connectivity index (χ2n) is 4.44. The first-order chi connectivity index (χ1) is 5.83. The molecule has 0 aromatic rings. The largest absolute Gasteiger partial charge is 0.332 e. The molecular formula is C8H20N2O2S+2. The molecule has 0 aliphatic carbocycles. The van der Waals surface area contributed by atoms with Gasteiger partial charge in [-0.1, -0.05) is 0 Å². The molecule has 1 saturated heterocycles. The maximum atomic E-state index is 11.4. The van der Waals surface area contributed by atoms with Gasteiger partial charge >= 0.3 is 0 Å². The summed E-state index contributed by atoms with van der Waals surface area (Å²) in [7, 11) is 5.34. The zero-order valence-electron chi connectivity index (χ0n) is 8.79. The van der Waals surface area contributed by atoms with Crippen molar-refractivity contribution >= 4 is 9.84 Å². The van der Waals surface area contributed by atoms with Crippen LogP contribution in [0.1, 0.15) is 0 Å². The summed E-state index contributed by atoms with van der Waals surface area (Å²) in [6, 6.07) is 0.519. The minimum absolute atomic E-state index is 0.259. The Labute approximate surface area is 80.4 Å². The maximum absolute atomic E-state index is 11.4. The first-order valence-electron chi connectivity index (χ1n) is 4.64. The smallest absolute Gasteiger partial charge is 0.162 e. The highest BCUT2D eigenvalue weighted by Crippen LogP contribution is 2.07. The molecule has 0 spiro atoms. The quantitative estimate of drug-likeness (QED) is 0.493. The van der Waals surface area contributed by atoms with Gasteiger partial charge in [0.15, 0.2) is 21.9 Å². The number of likely N-dealkylation sites (N-methyl/N-ethyl adjacent to an activating group) is 2. The first kappa shape index (κ1) is 10.9. The van der Waals surface area contributed by atoms with Crippen LogP contribution >= 0.6 is 0 Å². The van der Waals surface area contributed by atoms with Crippen LogP contribution in [0.15, 0.2) is 0 Å². The SMILES string of the molecule is C[NH+](C)[C@@H]1CS(=O)(=O)C[C@H]1[NH+](C)C. The second kappa shape index (κ2) is 3.55. The lowest BCUT2D eigenvalue weighted by Crippen LogP contribution is -3.21. The molecular weight excluding hydrogens is 188 g/mol. The van der Waals surface area contributed by atoms with E-state index in [1.807, 2.05) is 28.2 Å². The highest BCUT2D eigenvalue weighted by atomic mass is 32.2. The summed E-state index contributed by atoms with van der Waals surface area (Å²) in [4.78, 5) is 2.49. The standard InChI is InChI=1S/C8H18N2O2S/c1-9(2)7-5-13(11,12)6-8(7)10(3)4/h7-8H,5-6H2,1-4H3/p+2/t7-,8-/m1/s1. The van der Waals surface area contributed by atoms with Crippen LogP contribution in [0.25, 0.3) is 0 Å². The van der Waals surface area contributed by atoms with Gasteiger partial charge in [0.05, 0.1) is 28.2 Å². The third kappa shape index (κ3) is 2.42. The fraction of sp³-hybridized carbons (Fsp3) is 1.00. The lowest BCUT2D eigenvalue weighted by atomic mass is 10.1. The number of hydrogen-bond acceptors (Lipinski definition) is 2. The molecule has 0 aromatic carbocycles. The highest BCUT2D eigenvalue weighted by Gasteiger charge is 2.45. The number of hydrogen-bond donors (Lipinski definition) is 2. The average Bonchev–Trinajstić information content (AvgIpc) is 2.26. The van der Waals surface area contributed by atoms with Gasteiger partial charge in [-0.25, -0.2) is 8.42 Å². The molecule has 5 heteroatoms. The Balaban J connectivity index is 2.84. The van der Waals surface area contributed by atoms with E-state index in [4.69, 9.17) is 0 Å². The van der Waals surface area contributed by atoms with Crippen LogP contribution in [0.2, 0.25) is 0 Å². The van der Waals surface area contributed by atoms with Gasteiger partial charge in [-0.15, -0.1) is 0 Å². The van der Waals surface area contributed by atoms with E-state index in [0.717, 1.165) is 0 Å². The van der Waals surface area contributed by atoms with Crippen molar-refractivity contribution in [2.75, 3.05) is 39.7 Å². The number of nitrogens with one attached hydrogen (secondary N) is 2. The predicted molar refractivity (Wildman–Crippen MR) is 51.9 cm³/mol. The van der Waals surface area contributed by atoms with Gasteiger partial charge in [-0.2, -0.15) is 0 Å². The Morgan fingerprint density at radius 3 is 1.46 bits per heavy atom. The highest BCUT2D eigenvalue weighted by molar-refractivity contribution is 7.91. The molecule has 0 bridgehead atoms. The summed E-state index contributed by atoms with van der Waals surface area (Å²) in [5.41, 5.74) is 0. The minimum Gasteiger partial charge on any atom is -0.332 e. The number of quaternary nitrogens is 2. The molecule has 2 atom stereocenters. The molecule has 4 nitrogen and oxygen atoms in total. The lowest BCUT2D eigenvalue weighted by Gasteiger charge is -2.24. The Hall–Kier alpha value is -0.130. The maximum Gasteiger partial charge on any atom is 0.162 e. The van der Waals surface area contributed by atoms with E-state index in [0.29, 0.717) is 11.5 Å². The summed E-state index contributed by atoms with van der Waals surface area (Å²) < 4.78 is 22.9. The molecule has 2 N–H and O–H groups in total. The fourth-order valence-electron chi connectivity index (χ4n) is 1.99. The van der Waals surface area contributed by atoms with Crippen LogP contribution < -0.4 is 9.80 Å². The molecule has 1 heterocycles. The first-order valence-corrected chi connectivity index (χ1v) is 6.46. The Kier molecular flexibility index (Phi) is 2.99. The van der Waals surface area contributed by atoms with Crippen molar-refractivity contribution in [1.82, 2.24) is 0 Å². The third-order valence-electron chi connectivity index (χ3n) is 2.84. The van der Waals surface area contributed by atoms with E-state index in [2.05, 4.69) is 0 Å². The van der Waals surface area contributed by atoms with Gasteiger partial charge in [0.1, 0.15) is 11.5 Å². The Morgan fingerprint density at radius 2 is 1.23 bits per heavy atom. The third-order valence-corrected chi connectivity index (χ3v) is 4.57. The molecule has 78 valence electrons. The van der Waals surface area contributed by atoms with Crippen molar-refractivity contribution in [3.63, 3.8) is 0 Å². The van der Waals surface area contributed by atoms with Gasteiger partial charge in [0.25, 0.3) is 0 Å². The molecule has 1 fully saturated rings. The summed E-state index contributed by atoms with van der Waals surface area (Å²) in [5.74, 6) is 0.705. The van der Waals surface area contributed by atoms with Crippen molar-refractivity contribution in [3.8, 4) is 0 Å². The van der Waals surface area contributed by atoms with E-state index in [9.17, 15) is 8.42 Å². The molecule has 0 amide bonds.